The number of benzene rings is 1. The van der Waals surface area contributed by atoms with Crippen LogP contribution in [0.3, 0.4) is 0 Å². The van der Waals surface area contributed by atoms with Crippen molar-refractivity contribution >= 4 is 29.3 Å². The summed E-state index contributed by atoms with van der Waals surface area (Å²) in [6.07, 6.45) is 0.775. The molecule has 0 unspecified atom stereocenters. The van der Waals surface area contributed by atoms with Crippen molar-refractivity contribution in [3.8, 4) is 0 Å². The summed E-state index contributed by atoms with van der Waals surface area (Å²) < 4.78 is 5.01. The smallest absolute Gasteiger partial charge is 0.339 e. The molecule has 1 aliphatic rings. The minimum Gasteiger partial charge on any atom is -0.449 e. The van der Waals surface area contributed by atoms with Gasteiger partial charge in [-0.1, -0.05) is 6.92 Å². The molecule has 1 saturated heterocycles. The maximum atomic E-state index is 12.3. The molecule has 10 heteroatoms. The van der Waals surface area contributed by atoms with Crippen molar-refractivity contribution in [1.29, 1.82) is 0 Å². The van der Waals surface area contributed by atoms with Crippen LogP contribution in [0.1, 0.15) is 37.0 Å². The van der Waals surface area contributed by atoms with Gasteiger partial charge >= 0.3 is 12.0 Å². The topological polar surface area (TPSA) is 131 Å². The van der Waals surface area contributed by atoms with Gasteiger partial charge in [0, 0.05) is 26.2 Å². The Labute approximate surface area is 162 Å². The molecule has 0 aliphatic carbocycles. The number of imide groups is 1. The lowest BCUT2D eigenvalue weighted by Crippen LogP contribution is -2.43. The molecule has 28 heavy (non-hydrogen) atoms. The van der Waals surface area contributed by atoms with Crippen LogP contribution in [0.5, 0.6) is 0 Å². The monoisotopic (exact) mass is 392 g/mol. The molecule has 0 saturated carbocycles. The van der Waals surface area contributed by atoms with Gasteiger partial charge in [0.15, 0.2) is 6.10 Å². The van der Waals surface area contributed by atoms with Crippen LogP contribution in [-0.4, -0.2) is 49.1 Å². The number of anilines is 1. The van der Waals surface area contributed by atoms with Gasteiger partial charge in [-0.25, -0.2) is 9.59 Å². The summed E-state index contributed by atoms with van der Waals surface area (Å²) in [5.41, 5.74) is 0.227. The van der Waals surface area contributed by atoms with Crippen LogP contribution in [0.25, 0.3) is 0 Å². The molecular weight excluding hydrogens is 368 g/mol. The number of hydrogen-bond donors (Lipinski definition) is 2. The van der Waals surface area contributed by atoms with E-state index in [0.717, 1.165) is 18.9 Å². The second kappa shape index (κ2) is 9.16. The molecule has 2 N–H and O–H groups in total. The van der Waals surface area contributed by atoms with Crippen molar-refractivity contribution in [3.63, 3.8) is 0 Å². The molecule has 0 spiro atoms. The van der Waals surface area contributed by atoms with Crippen LogP contribution >= 0.6 is 0 Å². The lowest BCUT2D eigenvalue weighted by Gasteiger charge is -2.32. The van der Waals surface area contributed by atoms with E-state index in [1.807, 2.05) is 10.2 Å². The van der Waals surface area contributed by atoms with Crippen molar-refractivity contribution in [1.82, 2.24) is 10.6 Å². The second-order valence-corrected chi connectivity index (χ2v) is 6.77. The summed E-state index contributed by atoms with van der Waals surface area (Å²) in [7, 11) is 1.34. The van der Waals surface area contributed by atoms with Crippen LogP contribution in [0, 0.1) is 16.0 Å². The van der Waals surface area contributed by atoms with E-state index in [2.05, 4.69) is 12.2 Å². The SMILES string of the molecule is CNC(=O)NC(=O)[C@H](C)OC(=O)c1ccc(N2CCC[C@H](C)C2)c([N+](=O)[O-])c1. The molecule has 152 valence electrons. The zero-order valence-corrected chi connectivity index (χ0v) is 16.1. The number of hydrogen-bond acceptors (Lipinski definition) is 7. The number of esters is 1. The Balaban J connectivity index is 2.16. The van der Waals surface area contributed by atoms with Gasteiger partial charge in [-0.3, -0.25) is 20.2 Å². The molecular formula is C18H24N4O6. The summed E-state index contributed by atoms with van der Waals surface area (Å²) in [5, 5.41) is 15.7. The molecule has 1 aliphatic heterocycles. The van der Waals surface area contributed by atoms with Gasteiger partial charge in [0.05, 0.1) is 10.5 Å². The predicted molar refractivity (Wildman–Crippen MR) is 101 cm³/mol. The van der Waals surface area contributed by atoms with E-state index in [4.69, 9.17) is 4.74 Å². The third-order valence-electron chi connectivity index (χ3n) is 4.52. The van der Waals surface area contributed by atoms with E-state index >= 15 is 0 Å². The van der Waals surface area contributed by atoms with E-state index in [0.29, 0.717) is 24.7 Å². The first-order chi connectivity index (χ1) is 13.2. The normalized spacial score (nSPS) is 17.4. The molecule has 1 heterocycles. The molecule has 2 atom stereocenters. The highest BCUT2D eigenvalue weighted by Crippen LogP contribution is 2.32. The molecule has 3 amide bonds. The summed E-state index contributed by atoms with van der Waals surface area (Å²) in [5.74, 6) is -1.26. The summed E-state index contributed by atoms with van der Waals surface area (Å²) in [4.78, 5) is 48.2. The van der Waals surface area contributed by atoms with Crippen molar-refractivity contribution < 1.29 is 24.0 Å². The molecule has 0 radical (unpaired) electrons. The molecule has 10 nitrogen and oxygen atoms in total. The fourth-order valence-electron chi connectivity index (χ4n) is 3.03. The molecule has 1 fully saturated rings. The third kappa shape index (κ3) is 5.18. The first-order valence-electron chi connectivity index (χ1n) is 8.99. The molecule has 0 bridgehead atoms. The van der Waals surface area contributed by atoms with E-state index in [1.165, 1.54) is 26.1 Å². The third-order valence-corrected chi connectivity index (χ3v) is 4.52. The van der Waals surface area contributed by atoms with Gasteiger partial charge in [-0.05, 0) is 37.8 Å². The fourth-order valence-corrected chi connectivity index (χ4v) is 3.03. The quantitative estimate of drug-likeness (QED) is 0.444. The van der Waals surface area contributed by atoms with Gasteiger partial charge < -0.3 is 15.0 Å². The summed E-state index contributed by atoms with van der Waals surface area (Å²) in [6, 6.07) is 3.39. The maximum Gasteiger partial charge on any atom is 0.339 e. The number of amides is 3. The Morgan fingerprint density at radius 2 is 2.07 bits per heavy atom. The number of carbonyl (C=O) groups is 3. The maximum absolute atomic E-state index is 12.3. The number of ether oxygens (including phenoxy) is 1. The lowest BCUT2D eigenvalue weighted by atomic mass is 9.99. The Hall–Kier alpha value is -3.17. The summed E-state index contributed by atoms with van der Waals surface area (Å²) >= 11 is 0. The van der Waals surface area contributed by atoms with Crippen molar-refractivity contribution in [2.45, 2.75) is 32.8 Å². The zero-order valence-electron chi connectivity index (χ0n) is 16.1. The van der Waals surface area contributed by atoms with E-state index < -0.39 is 28.9 Å². The number of piperidine rings is 1. The number of nitro groups is 1. The van der Waals surface area contributed by atoms with Crippen molar-refractivity contribution in [2.75, 3.05) is 25.0 Å². The minimum absolute atomic E-state index is 0.0416. The number of nitrogens with one attached hydrogen (secondary N) is 2. The Bertz CT molecular complexity index is 781. The number of carbonyl (C=O) groups excluding carboxylic acids is 3. The molecule has 1 aromatic carbocycles. The van der Waals surface area contributed by atoms with Crippen LogP contribution in [-0.2, 0) is 9.53 Å². The van der Waals surface area contributed by atoms with Crippen LogP contribution in [0.4, 0.5) is 16.2 Å². The average molecular weight is 392 g/mol. The number of rotatable bonds is 5. The number of nitrogens with zero attached hydrogens (tertiary/aromatic N) is 2. The van der Waals surface area contributed by atoms with E-state index in [1.54, 1.807) is 0 Å². The van der Waals surface area contributed by atoms with Gasteiger partial charge in [-0.2, -0.15) is 0 Å². The first kappa shape index (κ1) is 21.1. The van der Waals surface area contributed by atoms with Crippen molar-refractivity contribution in [3.05, 3.63) is 33.9 Å². The minimum atomic E-state index is -1.24. The van der Waals surface area contributed by atoms with E-state index in [9.17, 15) is 24.5 Å². The van der Waals surface area contributed by atoms with Gasteiger partial charge in [0.25, 0.3) is 11.6 Å². The summed E-state index contributed by atoms with van der Waals surface area (Å²) in [6.45, 7) is 4.82. The first-order valence-corrected chi connectivity index (χ1v) is 8.99. The average Bonchev–Trinajstić information content (AvgIpc) is 2.67. The Morgan fingerprint density at radius 3 is 2.68 bits per heavy atom. The van der Waals surface area contributed by atoms with Gasteiger partial charge in [0.1, 0.15) is 5.69 Å². The van der Waals surface area contributed by atoms with Crippen molar-refractivity contribution in [2.24, 2.45) is 5.92 Å². The highest BCUT2D eigenvalue weighted by atomic mass is 16.6. The molecule has 1 aromatic rings. The molecule has 2 rings (SSSR count). The van der Waals surface area contributed by atoms with Crippen LogP contribution < -0.4 is 15.5 Å². The standard InChI is InChI=1S/C18H24N4O6/c1-11-5-4-8-21(10-11)14-7-6-13(9-15(14)22(26)27)17(24)28-12(2)16(23)20-18(25)19-3/h6-7,9,11-12H,4-5,8,10H2,1-3H3,(H2,19,20,23,25)/t11-,12-/m0/s1. The number of urea groups is 1. The predicted octanol–water partition coefficient (Wildman–Crippen LogP) is 1.83. The van der Waals surface area contributed by atoms with Crippen LogP contribution in [0.15, 0.2) is 18.2 Å². The fraction of sp³-hybridized carbons (Fsp3) is 0.500. The molecule has 0 aromatic heterocycles. The lowest BCUT2D eigenvalue weighted by molar-refractivity contribution is -0.384. The van der Waals surface area contributed by atoms with Gasteiger partial charge in [-0.15, -0.1) is 0 Å². The second-order valence-electron chi connectivity index (χ2n) is 6.77. The largest absolute Gasteiger partial charge is 0.449 e. The number of nitro benzene ring substituents is 1. The van der Waals surface area contributed by atoms with Crippen LogP contribution in [0.2, 0.25) is 0 Å². The Morgan fingerprint density at radius 1 is 1.36 bits per heavy atom. The highest BCUT2D eigenvalue weighted by Gasteiger charge is 2.27. The van der Waals surface area contributed by atoms with E-state index in [-0.39, 0.29) is 11.3 Å². The van der Waals surface area contributed by atoms with Gasteiger partial charge in [0.2, 0.25) is 0 Å². The zero-order chi connectivity index (χ0) is 20.8. The highest BCUT2D eigenvalue weighted by molar-refractivity contribution is 5.98. The Kier molecular flexibility index (Phi) is 6.91.